The Balaban J connectivity index is 1.49. The smallest absolute Gasteiger partial charge is 0.261 e. The number of methoxy groups -OCH3 is 1. The molecule has 1 aromatic heterocycles. The number of carbonyl (C=O) groups excluding carboxylic acids is 2. The molecule has 1 aliphatic rings. The summed E-state index contributed by atoms with van der Waals surface area (Å²) in [6.07, 6.45) is 3.76. The molecule has 1 aliphatic heterocycles. The number of aromatic nitrogens is 1. The number of nitrogens with one attached hydrogen (secondary N) is 2. The van der Waals surface area contributed by atoms with Crippen LogP contribution in [0.15, 0.2) is 53.7 Å². The Labute approximate surface area is 194 Å². The van der Waals surface area contributed by atoms with Crippen molar-refractivity contribution in [3.05, 3.63) is 54.4 Å². The number of anilines is 1. The molecule has 33 heavy (non-hydrogen) atoms. The number of carbonyl (C=O) groups is 2. The molecule has 2 heterocycles. The van der Waals surface area contributed by atoms with Gasteiger partial charge >= 0.3 is 0 Å². The first kappa shape index (κ1) is 24.6. The van der Waals surface area contributed by atoms with Gasteiger partial charge in [0.2, 0.25) is 5.91 Å². The quantitative estimate of drug-likeness (QED) is 0.488. The SMILES string of the molecule is COCCCNC(=O)CN1CCN(C(=O)c2ccc(S(=O)(=O)Nc3ccncc3)cc2)CC1. The first-order chi connectivity index (χ1) is 15.9. The minimum atomic E-state index is -3.76. The van der Waals surface area contributed by atoms with Crippen molar-refractivity contribution in [3.63, 3.8) is 0 Å². The highest BCUT2D eigenvalue weighted by Gasteiger charge is 2.24. The van der Waals surface area contributed by atoms with Gasteiger partial charge in [0.05, 0.1) is 17.1 Å². The maximum atomic E-state index is 12.8. The van der Waals surface area contributed by atoms with Crippen LogP contribution in [0.5, 0.6) is 0 Å². The zero-order valence-electron chi connectivity index (χ0n) is 18.6. The molecule has 0 bridgehead atoms. The van der Waals surface area contributed by atoms with Crippen LogP contribution in [0.1, 0.15) is 16.8 Å². The Morgan fingerprint density at radius 3 is 2.33 bits per heavy atom. The van der Waals surface area contributed by atoms with E-state index in [-0.39, 0.29) is 16.7 Å². The Kier molecular flexibility index (Phi) is 8.75. The van der Waals surface area contributed by atoms with Crippen LogP contribution < -0.4 is 10.0 Å². The molecule has 1 fully saturated rings. The average molecular weight is 476 g/mol. The molecular weight excluding hydrogens is 446 g/mol. The molecule has 0 spiro atoms. The number of ether oxygens (including phenoxy) is 1. The largest absolute Gasteiger partial charge is 0.385 e. The van der Waals surface area contributed by atoms with E-state index < -0.39 is 10.0 Å². The van der Waals surface area contributed by atoms with Crippen molar-refractivity contribution in [1.29, 1.82) is 0 Å². The van der Waals surface area contributed by atoms with Gasteiger partial charge in [-0.15, -0.1) is 0 Å². The lowest BCUT2D eigenvalue weighted by Gasteiger charge is -2.34. The molecule has 0 saturated carbocycles. The number of hydrogen-bond acceptors (Lipinski definition) is 7. The molecule has 2 aromatic rings. The second-order valence-electron chi connectivity index (χ2n) is 7.63. The highest BCUT2D eigenvalue weighted by molar-refractivity contribution is 7.92. The summed E-state index contributed by atoms with van der Waals surface area (Å²) in [5, 5.41) is 2.86. The highest BCUT2D eigenvalue weighted by atomic mass is 32.2. The summed E-state index contributed by atoms with van der Waals surface area (Å²) in [5.41, 5.74) is 0.828. The van der Waals surface area contributed by atoms with E-state index in [9.17, 15) is 18.0 Å². The summed E-state index contributed by atoms with van der Waals surface area (Å²) in [4.78, 5) is 32.5. The third-order valence-electron chi connectivity index (χ3n) is 5.22. The molecular formula is C22H29N5O5S. The molecule has 2 amide bonds. The molecule has 0 aliphatic carbocycles. The molecule has 1 saturated heterocycles. The lowest BCUT2D eigenvalue weighted by Crippen LogP contribution is -2.51. The van der Waals surface area contributed by atoms with Crippen LogP contribution in [-0.2, 0) is 19.6 Å². The maximum absolute atomic E-state index is 12.8. The van der Waals surface area contributed by atoms with Crippen LogP contribution >= 0.6 is 0 Å². The van der Waals surface area contributed by atoms with E-state index in [0.29, 0.717) is 57.1 Å². The predicted octanol–water partition coefficient (Wildman–Crippen LogP) is 0.793. The topological polar surface area (TPSA) is 121 Å². The fourth-order valence-electron chi connectivity index (χ4n) is 3.41. The van der Waals surface area contributed by atoms with Crippen molar-refractivity contribution >= 4 is 27.5 Å². The monoisotopic (exact) mass is 475 g/mol. The van der Waals surface area contributed by atoms with E-state index >= 15 is 0 Å². The van der Waals surface area contributed by atoms with Gasteiger partial charge in [-0.3, -0.25) is 24.2 Å². The molecule has 3 rings (SSSR count). The van der Waals surface area contributed by atoms with Gasteiger partial charge in [0.25, 0.3) is 15.9 Å². The van der Waals surface area contributed by atoms with Crippen LogP contribution in [-0.4, -0.2) is 88.0 Å². The van der Waals surface area contributed by atoms with Gasteiger partial charge in [0.1, 0.15) is 0 Å². The third-order valence-corrected chi connectivity index (χ3v) is 6.62. The van der Waals surface area contributed by atoms with E-state index in [1.807, 2.05) is 4.90 Å². The Morgan fingerprint density at radius 1 is 1.03 bits per heavy atom. The van der Waals surface area contributed by atoms with E-state index in [1.54, 1.807) is 24.1 Å². The first-order valence-corrected chi connectivity index (χ1v) is 12.2. The molecule has 11 heteroatoms. The molecule has 178 valence electrons. The third kappa shape index (κ3) is 7.24. The van der Waals surface area contributed by atoms with Crippen LogP contribution in [0.4, 0.5) is 5.69 Å². The summed E-state index contributed by atoms with van der Waals surface area (Å²) in [6.45, 7) is 3.67. The second kappa shape index (κ2) is 11.7. The molecule has 1 aromatic carbocycles. The summed E-state index contributed by atoms with van der Waals surface area (Å²) in [6, 6.07) is 8.98. The fourth-order valence-corrected chi connectivity index (χ4v) is 4.46. The lowest BCUT2D eigenvalue weighted by atomic mass is 10.2. The number of hydrogen-bond donors (Lipinski definition) is 2. The molecule has 2 N–H and O–H groups in total. The minimum Gasteiger partial charge on any atom is -0.385 e. The zero-order valence-corrected chi connectivity index (χ0v) is 19.4. The van der Waals surface area contributed by atoms with Crippen LogP contribution in [0, 0.1) is 0 Å². The van der Waals surface area contributed by atoms with Crippen LogP contribution in [0.2, 0.25) is 0 Å². The summed E-state index contributed by atoms with van der Waals surface area (Å²) in [5.74, 6) is -0.201. The molecule has 0 unspecified atom stereocenters. The fraction of sp³-hybridized carbons (Fsp3) is 0.409. The second-order valence-corrected chi connectivity index (χ2v) is 9.31. The van der Waals surface area contributed by atoms with Gasteiger partial charge in [0, 0.05) is 64.4 Å². The number of benzene rings is 1. The molecule has 10 nitrogen and oxygen atoms in total. The van der Waals surface area contributed by atoms with E-state index in [4.69, 9.17) is 4.74 Å². The molecule has 0 atom stereocenters. The predicted molar refractivity (Wildman–Crippen MR) is 123 cm³/mol. The number of piperazine rings is 1. The van der Waals surface area contributed by atoms with Gasteiger partial charge in [-0.1, -0.05) is 0 Å². The maximum Gasteiger partial charge on any atom is 0.261 e. The van der Waals surface area contributed by atoms with Gasteiger partial charge in [0.15, 0.2) is 0 Å². The number of amides is 2. The normalized spacial score (nSPS) is 14.6. The van der Waals surface area contributed by atoms with Crippen LogP contribution in [0.25, 0.3) is 0 Å². The van der Waals surface area contributed by atoms with Crippen molar-refractivity contribution in [2.45, 2.75) is 11.3 Å². The summed E-state index contributed by atoms with van der Waals surface area (Å²) < 4.78 is 32.5. The standard InChI is InChI=1S/C22H29N5O5S/c1-32-16-2-9-24-21(28)17-26-12-14-27(15-13-26)22(29)18-3-5-20(6-4-18)33(30,31)25-19-7-10-23-11-8-19/h3-8,10-11H,2,9,12-17H2,1H3,(H,23,25)(H,24,28). The van der Waals surface area contributed by atoms with Gasteiger partial charge < -0.3 is 15.0 Å². The highest BCUT2D eigenvalue weighted by Crippen LogP contribution is 2.17. The van der Waals surface area contributed by atoms with Gasteiger partial charge in [-0.25, -0.2) is 8.42 Å². The van der Waals surface area contributed by atoms with Crippen LogP contribution in [0.3, 0.4) is 0 Å². The van der Waals surface area contributed by atoms with Crippen molar-refractivity contribution in [2.24, 2.45) is 0 Å². The van der Waals surface area contributed by atoms with Crippen molar-refractivity contribution < 1.29 is 22.7 Å². The van der Waals surface area contributed by atoms with Crippen molar-refractivity contribution in [1.82, 2.24) is 20.1 Å². The van der Waals surface area contributed by atoms with Gasteiger partial charge in [-0.2, -0.15) is 0 Å². The average Bonchev–Trinajstić information content (AvgIpc) is 2.82. The van der Waals surface area contributed by atoms with Gasteiger partial charge in [-0.05, 0) is 42.8 Å². The first-order valence-electron chi connectivity index (χ1n) is 10.7. The number of nitrogens with zero attached hydrogens (tertiary/aromatic N) is 3. The van der Waals surface area contributed by atoms with E-state index in [1.165, 1.54) is 36.7 Å². The Bertz CT molecular complexity index is 1020. The number of rotatable bonds is 10. The Hall–Kier alpha value is -3.02. The van der Waals surface area contributed by atoms with E-state index in [2.05, 4.69) is 15.0 Å². The summed E-state index contributed by atoms with van der Waals surface area (Å²) >= 11 is 0. The lowest BCUT2D eigenvalue weighted by molar-refractivity contribution is -0.122. The number of sulfonamides is 1. The number of pyridine rings is 1. The van der Waals surface area contributed by atoms with E-state index in [0.717, 1.165) is 6.42 Å². The Morgan fingerprint density at radius 2 is 1.70 bits per heavy atom. The molecule has 0 radical (unpaired) electrons. The minimum absolute atomic E-state index is 0.0388. The van der Waals surface area contributed by atoms with Crippen molar-refractivity contribution in [2.75, 3.05) is 57.7 Å². The zero-order chi connectivity index (χ0) is 23.7. The van der Waals surface area contributed by atoms with Crippen molar-refractivity contribution in [3.8, 4) is 0 Å². The summed E-state index contributed by atoms with van der Waals surface area (Å²) in [7, 11) is -2.14.